The minimum Gasteiger partial charge on any atom is -0.451 e. The van der Waals surface area contributed by atoms with Gasteiger partial charge in [-0.3, -0.25) is 15.1 Å². The number of ether oxygens (including phenoxy) is 1. The van der Waals surface area contributed by atoms with Crippen molar-refractivity contribution < 1.29 is 19.1 Å². The highest BCUT2D eigenvalue weighted by molar-refractivity contribution is 5.96. The van der Waals surface area contributed by atoms with Gasteiger partial charge in [-0.1, -0.05) is 13.8 Å². The van der Waals surface area contributed by atoms with Gasteiger partial charge in [0, 0.05) is 12.7 Å². The maximum atomic E-state index is 11.6. The molecule has 0 radical (unpaired) electrons. The molecule has 0 fully saturated rings. The fourth-order valence-electron chi connectivity index (χ4n) is 1.38. The van der Waals surface area contributed by atoms with E-state index in [1.165, 1.54) is 12.4 Å². The van der Waals surface area contributed by atoms with Crippen molar-refractivity contribution in [3.63, 3.8) is 0 Å². The van der Waals surface area contributed by atoms with E-state index < -0.39 is 24.5 Å². The van der Waals surface area contributed by atoms with E-state index in [0.29, 0.717) is 18.2 Å². The normalized spacial score (nSPS) is 10.2. The molecule has 8 nitrogen and oxygen atoms in total. The van der Waals surface area contributed by atoms with Crippen LogP contribution >= 0.6 is 0 Å². The van der Waals surface area contributed by atoms with E-state index in [2.05, 4.69) is 20.6 Å². The van der Waals surface area contributed by atoms with Crippen LogP contribution in [-0.2, 0) is 9.53 Å². The first-order valence-electron chi connectivity index (χ1n) is 6.92. The first kappa shape index (κ1) is 17.5. The standard InChI is InChI=1S/C14H20N4O4/c1-9(2)4-5-15-14(21)18-12(19)8-22-13(20)11-7-16-10(3)6-17-11/h6-7,9H,4-5,8H2,1-3H3,(H2,15,18,19,21). The van der Waals surface area contributed by atoms with Crippen molar-refractivity contribution in [2.75, 3.05) is 13.2 Å². The lowest BCUT2D eigenvalue weighted by atomic mass is 10.1. The number of nitrogens with one attached hydrogen (secondary N) is 2. The quantitative estimate of drug-likeness (QED) is 0.753. The molecule has 0 saturated carbocycles. The number of nitrogens with zero attached hydrogens (tertiary/aromatic N) is 2. The summed E-state index contributed by atoms with van der Waals surface area (Å²) in [6.45, 7) is 5.69. The molecule has 0 aliphatic carbocycles. The summed E-state index contributed by atoms with van der Waals surface area (Å²) in [5, 5.41) is 4.60. The van der Waals surface area contributed by atoms with Crippen molar-refractivity contribution in [3.8, 4) is 0 Å². The van der Waals surface area contributed by atoms with E-state index in [-0.39, 0.29) is 5.69 Å². The van der Waals surface area contributed by atoms with Crippen LogP contribution in [-0.4, -0.2) is 41.0 Å². The van der Waals surface area contributed by atoms with Crippen LogP contribution in [0.3, 0.4) is 0 Å². The van der Waals surface area contributed by atoms with Crippen molar-refractivity contribution in [1.82, 2.24) is 20.6 Å². The zero-order chi connectivity index (χ0) is 16.5. The van der Waals surface area contributed by atoms with E-state index in [1.807, 2.05) is 13.8 Å². The van der Waals surface area contributed by atoms with Crippen molar-refractivity contribution >= 4 is 17.9 Å². The molecule has 0 aliphatic heterocycles. The van der Waals surface area contributed by atoms with Gasteiger partial charge in [-0.2, -0.15) is 0 Å². The number of aryl methyl sites for hydroxylation is 1. The van der Waals surface area contributed by atoms with Gasteiger partial charge < -0.3 is 10.1 Å². The summed E-state index contributed by atoms with van der Waals surface area (Å²) in [7, 11) is 0. The second-order valence-electron chi connectivity index (χ2n) is 5.11. The van der Waals surface area contributed by atoms with Gasteiger partial charge in [0.05, 0.1) is 11.9 Å². The number of urea groups is 1. The Balaban J connectivity index is 2.29. The average molecular weight is 308 g/mol. The maximum Gasteiger partial charge on any atom is 0.359 e. The lowest BCUT2D eigenvalue weighted by Gasteiger charge is -2.08. The molecule has 8 heteroatoms. The van der Waals surface area contributed by atoms with Crippen LogP contribution in [0, 0.1) is 12.8 Å². The van der Waals surface area contributed by atoms with Crippen molar-refractivity contribution in [3.05, 3.63) is 23.8 Å². The SMILES string of the molecule is Cc1cnc(C(=O)OCC(=O)NC(=O)NCCC(C)C)cn1. The Morgan fingerprint density at radius 1 is 1.23 bits per heavy atom. The molecule has 1 aromatic rings. The summed E-state index contributed by atoms with van der Waals surface area (Å²) in [5.74, 6) is -1.04. The van der Waals surface area contributed by atoms with Gasteiger partial charge in [0.15, 0.2) is 12.3 Å². The number of rotatable bonds is 6. The number of aromatic nitrogens is 2. The lowest BCUT2D eigenvalue weighted by Crippen LogP contribution is -2.42. The van der Waals surface area contributed by atoms with Crippen molar-refractivity contribution in [2.45, 2.75) is 27.2 Å². The number of carbonyl (C=O) groups excluding carboxylic acids is 3. The molecule has 0 unspecified atom stereocenters. The number of hydrogen-bond donors (Lipinski definition) is 2. The van der Waals surface area contributed by atoms with E-state index >= 15 is 0 Å². The van der Waals surface area contributed by atoms with E-state index in [9.17, 15) is 14.4 Å². The first-order chi connectivity index (χ1) is 10.4. The molecule has 1 rings (SSSR count). The maximum absolute atomic E-state index is 11.6. The molecule has 120 valence electrons. The predicted molar refractivity (Wildman–Crippen MR) is 78.0 cm³/mol. The van der Waals surface area contributed by atoms with Crippen LogP contribution in [0.4, 0.5) is 4.79 Å². The zero-order valence-corrected chi connectivity index (χ0v) is 12.9. The Labute approximate surface area is 128 Å². The molecule has 22 heavy (non-hydrogen) atoms. The molecule has 0 aromatic carbocycles. The third kappa shape index (κ3) is 6.78. The predicted octanol–water partition coefficient (Wildman–Crippen LogP) is 0.814. The number of esters is 1. The largest absolute Gasteiger partial charge is 0.451 e. The molecule has 0 bridgehead atoms. The Morgan fingerprint density at radius 2 is 1.95 bits per heavy atom. The molecule has 0 spiro atoms. The summed E-state index contributed by atoms with van der Waals surface area (Å²) < 4.78 is 4.74. The highest BCUT2D eigenvalue weighted by Crippen LogP contribution is 1.97. The van der Waals surface area contributed by atoms with Gasteiger partial charge in [-0.05, 0) is 19.3 Å². The number of hydrogen-bond acceptors (Lipinski definition) is 6. The van der Waals surface area contributed by atoms with Crippen LogP contribution in [0.1, 0.15) is 36.5 Å². The fourth-order valence-corrected chi connectivity index (χ4v) is 1.38. The Bertz CT molecular complexity index is 528. The summed E-state index contributed by atoms with van der Waals surface area (Å²) in [6.07, 6.45) is 3.48. The van der Waals surface area contributed by atoms with Gasteiger partial charge in [0.25, 0.3) is 5.91 Å². The first-order valence-corrected chi connectivity index (χ1v) is 6.92. The number of carbonyl (C=O) groups is 3. The topological polar surface area (TPSA) is 110 Å². The Hall–Kier alpha value is -2.51. The van der Waals surface area contributed by atoms with Crippen LogP contribution < -0.4 is 10.6 Å². The molecule has 0 atom stereocenters. The second kappa shape index (κ2) is 8.71. The molecule has 3 amide bonds. The Kier molecular flexibility index (Phi) is 6.94. The van der Waals surface area contributed by atoms with Gasteiger partial charge in [-0.15, -0.1) is 0 Å². The minimum atomic E-state index is -0.775. The summed E-state index contributed by atoms with van der Waals surface area (Å²) in [4.78, 5) is 42.1. The van der Waals surface area contributed by atoms with Crippen LogP contribution in [0.15, 0.2) is 12.4 Å². The number of amides is 3. The third-order valence-electron chi connectivity index (χ3n) is 2.58. The fraction of sp³-hybridized carbons (Fsp3) is 0.500. The van der Waals surface area contributed by atoms with Gasteiger partial charge in [0.2, 0.25) is 0 Å². The average Bonchev–Trinajstić information content (AvgIpc) is 2.45. The van der Waals surface area contributed by atoms with Gasteiger partial charge in [-0.25, -0.2) is 14.6 Å². The Morgan fingerprint density at radius 3 is 2.55 bits per heavy atom. The smallest absolute Gasteiger partial charge is 0.359 e. The van der Waals surface area contributed by atoms with Gasteiger partial charge in [0.1, 0.15) is 0 Å². The molecule has 1 aromatic heterocycles. The van der Waals surface area contributed by atoms with Crippen molar-refractivity contribution in [2.24, 2.45) is 5.92 Å². The monoisotopic (exact) mass is 308 g/mol. The van der Waals surface area contributed by atoms with E-state index in [1.54, 1.807) is 6.92 Å². The van der Waals surface area contributed by atoms with E-state index in [0.717, 1.165) is 6.42 Å². The summed E-state index contributed by atoms with van der Waals surface area (Å²) in [5.41, 5.74) is 0.659. The van der Waals surface area contributed by atoms with Crippen molar-refractivity contribution in [1.29, 1.82) is 0 Å². The zero-order valence-electron chi connectivity index (χ0n) is 12.9. The van der Waals surface area contributed by atoms with Crippen LogP contribution in [0.2, 0.25) is 0 Å². The molecule has 1 heterocycles. The number of imide groups is 1. The van der Waals surface area contributed by atoms with E-state index in [4.69, 9.17) is 4.74 Å². The highest BCUT2D eigenvalue weighted by atomic mass is 16.5. The van der Waals surface area contributed by atoms with Crippen LogP contribution in [0.25, 0.3) is 0 Å². The summed E-state index contributed by atoms with van der Waals surface area (Å²) >= 11 is 0. The molecule has 0 aliphatic rings. The lowest BCUT2D eigenvalue weighted by molar-refractivity contribution is -0.123. The minimum absolute atomic E-state index is 0.000199. The molecular formula is C14H20N4O4. The van der Waals surface area contributed by atoms with Gasteiger partial charge >= 0.3 is 12.0 Å². The molecule has 2 N–H and O–H groups in total. The van der Waals surface area contributed by atoms with Crippen LogP contribution in [0.5, 0.6) is 0 Å². The second-order valence-corrected chi connectivity index (χ2v) is 5.11. The third-order valence-corrected chi connectivity index (χ3v) is 2.58. The summed E-state index contributed by atoms with van der Waals surface area (Å²) in [6, 6.07) is -0.614. The molecular weight excluding hydrogens is 288 g/mol. The molecule has 0 saturated heterocycles. The highest BCUT2D eigenvalue weighted by Gasteiger charge is 2.13.